The molecule has 2 heterocycles. The van der Waals surface area contributed by atoms with E-state index in [4.69, 9.17) is 5.73 Å². The summed E-state index contributed by atoms with van der Waals surface area (Å²) in [7, 11) is 0. The Labute approximate surface area is 112 Å². The van der Waals surface area contributed by atoms with Gasteiger partial charge in [-0.15, -0.1) is 0 Å². The fourth-order valence-electron chi connectivity index (χ4n) is 2.74. The Kier molecular flexibility index (Phi) is 3.46. The van der Waals surface area contributed by atoms with Crippen LogP contribution in [0.25, 0.3) is 5.82 Å². The van der Waals surface area contributed by atoms with Gasteiger partial charge in [-0.05, 0) is 37.4 Å². The molecule has 1 saturated carbocycles. The maximum Gasteiger partial charge on any atom is 0.137 e. The van der Waals surface area contributed by atoms with Crippen molar-refractivity contribution in [2.45, 2.75) is 25.3 Å². The lowest BCUT2D eigenvalue weighted by molar-refractivity contribution is 0.516. The second-order valence-corrected chi connectivity index (χ2v) is 5.05. The Morgan fingerprint density at radius 2 is 2.32 bits per heavy atom. The fourth-order valence-corrected chi connectivity index (χ4v) is 2.74. The molecule has 2 unspecified atom stereocenters. The largest absolute Gasteiger partial charge is 0.381 e. The van der Waals surface area contributed by atoms with Gasteiger partial charge in [0, 0.05) is 18.4 Å². The Hall–Kier alpha value is -1.88. The summed E-state index contributed by atoms with van der Waals surface area (Å²) in [5.41, 5.74) is 6.86. The van der Waals surface area contributed by atoms with Crippen molar-refractivity contribution >= 4 is 5.69 Å². The van der Waals surface area contributed by atoms with Gasteiger partial charge < -0.3 is 11.1 Å². The zero-order chi connectivity index (χ0) is 13.1. The van der Waals surface area contributed by atoms with E-state index >= 15 is 0 Å². The van der Waals surface area contributed by atoms with E-state index < -0.39 is 0 Å². The van der Waals surface area contributed by atoms with E-state index in [1.54, 1.807) is 12.5 Å². The predicted molar refractivity (Wildman–Crippen MR) is 75.2 cm³/mol. The fraction of sp³-hybridized carbons (Fsp3) is 0.429. The summed E-state index contributed by atoms with van der Waals surface area (Å²) in [6, 6.07) is 4.55. The van der Waals surface area contributed by atoms with E-state index in [-0.39, 0.29) is 0 Å². The number of anilines is 1. The number of nitrogens with one attached hydrogen (secondary N) is 1. The summed E-state index contributed by atoms with van der Waals surface area (Å²) in [6.07, 6.45) is 11.0. The van der Waals surface area contributed by atoms with Crippen molar-refractivity contribution in [2.75, 3.05) is 11.9 Å². The molecular weight excluding hydrogens is 238 g/mol. The number of rotatable bonds is 4. The predicted octanol–water partition coefficient (Wildman–Crippen LogP) is 1.81. The lowest BCUT2D eigenvalue weighted by atomic mass is 10.0. The third kappa shape index (κ3) is 2.61. The van der Waals surface area contributed by atoms with Crippen molar-refractivity contribution in [1.29, 1.82) is 0 Å². The summed E-state index contributed by atoms with van der Waals surface area (Å²) in [4.78, 5) is 8.46. The van der Waals surface area contributed by atoms with Crippen molar-refractivity contribution < 1.29 is 0 Å². The van der Waals surface area contributed by atoms with Crippen molar-refractivity contribution in [1.82, 2.24) is 14.5 Å². The summed E-state index contributed by atoms with van der Waals surface area (Å²) >= 11 is 0. The van der Waals surface area contributed by atoms with Crippen LogP contribution >= 0.6 is 0 Å². The van der Waals surface area contributed by atoms with Gasteiger partial charge in [-0.2, -0.15) is 0 Å². The van der Waals surface area contributed by atoms with E-state index in [0.717, 1.165) is 18.1 Å². The first-order valence-electron chi connectivity index (χ1n) is 6.78. The molecule has 0 aromatic carbocycles. The van der Waals surface area contributed by atoms with Crippen molar-refractivity contribution in [2.24, 2.45) is 11.7 Å². The summed E-state index contributed by atoms with van der Waals surface area (Å²) in [5, 5.41) is 3.55. The average Bonchev–Trinajstić information content (AvgIpc) is 3.10. The summed E-state index contributed by atoms with van der Waals surface area (Å²) in [5.74, 6) is 1.47. The summed E-state index contributed by atoms with van der Waals surface area (Å²) in [6.45, 7) is 0.762. The summed E-state index contributed by atoms with van der Waals surface area (Å²) < 4.78 is 1.89. The zero-order valence-corrected chi connectivity index (χ0v) is 10.9. The molecule has 0 bridgehead atoms. The van der Waals surface area contributed by atoms with Gasteiger partial charge in [-0.25, -0.2) is 9.97 Å². The Morgan fingerprint density at radius 3 is 3.00 bits per heavy atom. The van der Waals surface area contributed by atoms with Gasteiger partial charge in [-0.1, -0.05) is 6.42 Å². The molecule has 0 radical (unpaired) electrons. The van der Waals surface area contributed by atoms with Crippen molar-refractivity contribution in [3.8, 4) is 5.82 Å². The molecule has 100 valence electrons. The van der Waals surface area contributed by atoms with Gasteiger partial charge in [0.1, 0.15) is 12.1 Å². The van der Waals surface area contributed by atoms with Gasteiger partial charge in [-0.3, -0.25) is 4.57 Å². The molecule has 19 heavy (non-hydrogen) atoms. The standard InChI is InChI=1S/C14H19N5/c15-8-11-2-1-3-13(11)18-12-4-5-14(17-9-12)19-7-6-16-10-19/h4-7,9-11,13,18H,1-3,8,15H2. The molecule has 0 amide bonds. The van der Waals surface area contributed by atoms with Crippen LogP contribution in [0.2, 0.25) is 0 Å². The highest BCUT2D eigenvalue weighted by atomic mass is 15.1. The van der Waals surface area contributed by atoms with Crippen LogP contribution in [0.3, 0.4) is 0 Å². The number of imidazole rings is 1. The van der Waals surface area contributed by atoms with Crippen LogP contribution in [0.15, 0.2) is 37.1 Å². The molecule has 0 spiro atoms. The van der Waals surface area contributed by atoms with Crippen LogP contribution in [0, 0.1) is 5.92 Å². The molecule has 2 aromatic heterocycles. The molecule has 0 saturated heterocycles. The number of nitrogens with zero attached hydrogens (tertiary/aromatic N) is 3. The molecule has 0 aliphatic heterocycles. The van der Waals surface area contributed by atoms with E-state index in [1.165, 1.54) is 19.3 Å². The highest BCUT2D eigenvalue weighted by molar-refractivity contribution is 5.44. The number of hydrogen-bond acceptors (Lipinski definition) is 4. The highest BCUT2D eigenvalue weighted by Crippen LogP contribution is 2.27. The van der Waals surface area contributed by atoms with Gasteiger partial charge >= 0.3 is 0 Å². The quantitative estimate of drug-likeness (QED) is 0.876. The SMILES string of the molecule is NCC1CCCC1Nc1ccc(-n2ccnc2)nc1. The van der Waals surface area contributed by atoms with Gasteiger partial charge in [0.05, 0.1) is 11.9 Å². The Morgan fingerprint density at radius 1 is 1.37 bits per heavy atom. The molecule has 1 fully saturated rings. The molecular formula is C14H19N5. The first-order chi connectivity index (χ1) is 9.36. The average molecular weight is 257 g/mol. The van der Waals surface area contributed by atoms with Gasteiger partial charge in [0.15, 0.2) is 0 Å². The minimum Gasteiger partial charge on any atom is -0.381 e. The van der Waals surface area contributed by atoms with Crippen LogP contribution in [0.1, 0.15) is 19.3 Å². The lowest BCUT2D eigenvalue weighted by Gasteiger charge is -2.20. The minimum absolute atomic E-state index is 0.492. The number of pyridine rings is 1. The smallest absolute Gasteiger partial charge is 0.137 e. The van der Waals surface area contributed by atoms with Gasteiger partial charge in [0.2, 0.25) is 0 Å². The molecule has 2 aromatic rings. The van der Waals surface area contributed by atoms with Crippen LogP contribution < -0.4 is 11.1 Å². The van der Waals surface area contributed by atoms with Crippen molar-refractivity contribution in [3.05, 3.63) is 37.1 Å². The Balaban J connectivity index is 1.69. The second-order valence-electron chi connectivity index (χ2n) is 5.05. The van der Waals surface area contributed by atoms with Crippen LogP contribution in [0.4, 0.5) is 5.69 Å². The minimum atomic E-state index is 0.492. The van der Waals surface area contributed by atoms with E-state index in [2.05, 4.69) is 21.4 Å². The highest BCUT2D eigenvalue weighted by Gasteiger charge is 2.25. The Bertz CT molecular complexity index is 505. The van der Waals surface area contributed by atoms with E-state index in [1.807, 2.05) is 23.0 Å². The third-order valence-electron chi connectivity index (χ3n) is 3.83. The normalized spacial score (nSPS) is 22.6. The zero-order valence-electron chi connectivity index (χ0n) is 10.9. The van der Waals surface area contributed by atoms with Gasteiger partial charge in [0.25, 0.3) is 0 Å². The maximum absolute atomic E-state index is 5.80. The number of hydrogen-bond donors (Lipinski definition) is 2. The molecule has 5 heteroatoms. The monoisotopic (exact) mass is 257 g/mol. The maximum atomic E-state index is 5.80. The third-order valence-corrected chi connectivity index (χ3v) is 3.83. The lowest BCUT2D eigenvalue weighted by Crippen LogP contribution is -2.29. The van der Waals surface area contributed by atoms with Crippen molar-refractivity contribution in [3.63, 3.8) is 0 Å². The number of nitrogens with two attached hydrogens (primary N) is 1. The van der Waals surface area contributed by atoms with Crippen LogP contribution in [-0.4, -0.2) is 27.1 Å². The molecule has 1 aliphatic rings. The molecule has 3 rings (SSSR count). The first-order valence-corrected chi connectivity index (χ1v) is 6.78. The topological polar surface area (TPSA) is 68.8 Å². The molecule has 3 N–H and O–H groups in total. The van der Waals surface area contributed by atoms with E-state index in [9.17, 15) is 0 Å². The molecule has 5 nitrogen and oxygen atoms in total. The number of aromatic nitrogens is 3. The van der Waals surface area contributed by atoms with E-state index in [0.29, 0.717) is 12.0 Å². The van der Waals surface area contributed by atoms with Crippen LogP contribution in [0.5, 0.6) is 0 Å². The molecule has 1 aliphatic carbocycles. The molecule has 2 atom stereocenters. The van der Waals surface area contributed by atoms with Crippen LogP contribution in [-0.2, 0) is 0 Å². The first kappa shape index (κ1) is 12.2. The second kappa shape index (κ2) is 5.40.